The second kappa shape index (κ2) is 8.77. The van der Waals surface area contributed by atoms with Crippen LogP contribution in [0.4, 0.5) is 10.5 Å². The predicted octanol–water partition coefficient (Wildman–Crippen LogP) is 3.19. The standard InChI is InChI=1S/C20H26N4O4/c1-13-10-19(22-14(2)21-13)28-16-6-5-9-24(12-16)20(25)23-15-7-8-17(26-3)18(11-15)27-4/h7-8,10-11,16H,5-6,9,12H2,1-4H3,(H,23,25)/t16-/m1/s1. The van der Waals surface area contributed by atoms with Gasteiger partial charge in [0.15, 0.2) is 11.5 Å². The van der Waals surface area contributed by atoms with E-state index in [9.17, 15) is 4.79 Å². The minimum absolute atomic E-state index is 0.0985. The molecule has 2 heterocycles. The fourth-order valence-electron chi connectivity index (χ4n) is 3.25. The lowest BCUT2D eigenvalue weighted by Crippen LogP contribution is -2.46. The van der Waals surface area contributed by atoms with Crippen LogP contribution < -0.4 is 19.5 Å². The summed E-state index contributed by atoms with van der Waals surface area (Å²) < 4.78 is 16.5. The lowest BCUT2D eigenvalue weighted by Gasteiger charge is -2.32. The van der Waals surface area contributed by atoms with Crippen molar-refractivity contribution in [3.05, 3.63) is 35.8 Å². The number of likely N-dealkylation sites (tertiary alicyclic amines) is 1. The quantitative estimate of drug-likeness (QED) is 0.849. The summed E-state index contributed by atoms with van der Waals surface area (Å²) >= 11 is 0. The Kier molecular flexibility index (Phi) is 6.18. The normalized spacial score (nSPS) is 16.4. The third-order valence-electron chi connectivity index (χ3n) is 4.53. The molecule has 1 aromatic heterocycles. The van der Waals surface area contributed by atoms with Crippen LogP contribution in [0, 0.1) is 13.8 Å². The Bertz CT molecular complexity index is 823. The zero-order chi connectivity index (χ0) is 20.1. The Balaban J connectivity index is 1.62. The molecule has 0 bridgehead atoms. The number of aryl methyl sites for hydroxylation is 2. The third-order valence-corrected chi connectivity index (χ3v) is 4.53. The van der Waals surface area contributed by atoms with Crippen LogP contribution in [-0.4, -0.2) is 54.3 Å². The SMILES string of the molecule is COc1ccc(NC(=O)N2CCC[C@@H](Oc3cc(C)nc(C)n3)C2)cc1OC. The number of carbonyl (C=O) groups is 1. The van der Waals surface area contributed by atoms with Crippen molar-refractivity contribution in [1.29, 1.82) is 0 Å². The van der Waals surface area contributed by atoms with Crippen LogP contribution in [0.1, 0.15) is 24.4 Å². The number of anilines is 1. The van der Waals surface area contributed by atoms with Crippen LogP contribution in [0.3, 0.4) is 0 Å². The first-order valence-electron chi connectivity index (χ1n) is 9.25. The number of piperidine rings is 1. The number of urea groups is 1. The zero-order valence-electron chi connectivity index (χ0n) is 16.7. The van der Waals surface area contributed by atoms with Gasteiger partial charge in [-0.3, -0.25) is 0 Å². The summed E-state index contributed by atoms with van der Waals surface area (Å²) in [6, 6.07) is 6.92. The summed E-state index contributed by atoms with van der Waals surface area (Å²) in [7, 11) is 3.14. The highest BCUT2D eigenvalue weighted by atomic mass is 16.5. The molecule has 2 aromatic rings. The van der Waals surface area contributed by atoms with Gasteiger partial charge in [-0.2, -0.15) is 4.98 Å². The maximum absolute atomic E-state index is 12.7. The number of rotatable bonds is 5. The van der Waals surface area contributed by atoms with Crippen molar-refractivity contribution < 1.29 is 19.0 Å². The van der Waals surface area contributed by atoms with Crippen LogP contribution in [0.5, 0.6) is 17.4 Å². The first-order valence-corrected chi connectivity index (χ1v) is 9.25. The number of ether oxygens (including phenoxy) is 3. The predicted molar refractivity (Wildman–Crippen MR) is 105 cm³/mol. The molecule has 0 unspecified atom stereocenters. The summed E-state index contributed by atoms with van der Waals surface area (Å²) in [4.78, 5) is 23.0. The highest BCUT2D eigenvalue weighted by molar-refractivity contribution is 5.89. The Labute approximate surface area is 164 Å². The number of methoxy groups -OCH3 is 2. The molecule has 1 aromatic carbocycles. The van der Waals surface area contributed by atoms with Crippen molar-refractivity contribution >= 4 is 11.7 Å². The molecular formula is C20H26N4O4. The number of nitrogens with one attached hydrogen (secondary N) is 1. The van der Waals surface area contributed by atoms with Gasteiger partial charge in [0.25, 0.3) is 0 Å². The van der Waals surface area contributed by atoms with E-state index in [0.717, 1.165) is 18.5 Å². The van der Waals surface area contributed by atoms with E-state index in [2.05, 4.69) is 15.3 Å². The van der Waals surface area contributed by atoms with E-state index in [0.29, 0.717) is 42.0 Å². The molecular weight excluding hydrogens is 360 g/mol. The van der Waals surface area contributed by atoms with Gasteiger partial charge in [-0.25, -0.2) is 9.78 Å². The molecule has 2 amide bonds. The maximum atomic E-state index is 12.7. The third kappa shape index (κ3) is 4.82. The fraction of sp³-hybridized carbons (Fsp3) is 0.450. The number of aromatic nitrogens is 2. The van der Waals surface area contributed by atoms with Gasteiger partial charge in [-0.05, 0) is 38.8 Å². The minimum atomic E-state index is -0.171. The molecule has 0 saturated carbocycles. The zero-order valence-corrected chi connectivity index (χ0v) is 16.7. The largest absolute Gasteiger partial charge is 0.493 e. The van der Waals surface area contributed by atoms with Crippen LogP contribution in [-0.2, 0) is 0 Å². The smallest absolute Gasteiger partial charge is 0.321 e. The number of amides is 2. The van der Waals surface area contributed by atoms with Gasteiger partial charge in [-0.1, -0.05) is 0 Å². The van der Waals surface area contributed by atoms with E-state index < -0.39 is 0 Å². The van der Waals surface area contributed by atoms with Crippen LogP contribution >= 0.6 is 0 Å². The monoisotopic (exact) mass is 386 g/mol. The van der Waals surface area contributed by atoms with E-state index in [4.69, 9.17) is 14.2 Å². The molecule has 8 heteroatoms. The average Bonchev–Trinajstić information content (AvgIpc) is 2.67. The molecule has 8 nitrogen and oxygen atoms in total. The Morgan fingerprint density at radius 1 is 1.14 bits per heavy atom. The van der Waals surface area contributed by atoms with Crippen LogP contribution in [0.25, 0.3) is 0 Å². The number of carbonyl (C=O) groups excluding carboxylic acids is 1. The Hall–Kier alpha value is -3.03. The van der Waals surface area contributed by atoms with Gasteiger partial charge in [0.1, 0.15) is 11.9 Å². The summed E-state index contributed by atoms with van der Waals surface area (Å²) in [6.45, 7) is 4.93. The second-order valence-electron chi connectivity index (χ2n) is 6.72. The Morgan fingerprint density at radius 2 is 1.93 bits per heavy atom. The second-order valence-corrected chi connectivity index (χ2v) is 6.72. The van der Waals surface area contributed by atoms with Gasteiger partial charge >= 0.3 is 6.03 Å². The van der Waals surface area contributed by atoms with Gasteiger partial charge in [-0.15, -0.1) is 0 Å². The van der Waals surface area contributed by atoms with Gasteiger partial charge in [0.05, 0.1) is 20.8 Å². The van der Waals surface area contributed by atoms with E-state index in [-0.39, 0.29) is 12.1 Å². The highest BCUT2D eigenvalue weighted by Crippen LogP contribution is 2.30. The van der Waals surface area contributed by atoms with Crippen molar-refractivity contribution in [1.82, 2.24) is 14.9 Å². The van der Waals surface area contributed by atoms with Crippen molar-refractivity contribution in [3.8, 4) is 17.4 Å². The van der Waals surface area contributed by atoms with Crippen molar-refractivity contribution in [2.45, 2.75) is 32.8 Å². The topological polar surface area (TPSA) is 85.8 Å². The van der Waals surface area contributed by atoms with Crippen LogP contribution in [0.2, 0.25) is 0 Å². The average molecular weight is 386 g/mol. The molecule has 1 atom stereocenters. The van der Waals surface area contributed by atoms with Crippen molar-refractivity contribution in [2.24, 2.45) is 0 Å². The molecule has 1 aliphatic heterocycles. The first kappa shape index (κ1) is 19.7. The van der Waals surface area contributed by atoms with E-state index in [1.807, 2.05) is 19.9 Å². The molecule has 150 valence electrons. The number of benzene rings is 1. The molecule has 0 aliphatic carbocycles. The highest BCUT2D eigenvalue weighted by Gasteiger charge is 2.25. The van der Waals surface area contributed by atoms with Crippen molar-refractivity contribution in [2.75, 3.05) is 32.6 Å². The van der Waals surface area contributed by atoms with Crippen molar-refractivity contribution in [3.63, 3.8) is 0 Å². The summed E-state index contributed by atoms with van der Waals surface area (Å²) in [6.07, 6.45) is 1.65. The molecule has 3 rings (SSSR count). The number of nitrogens with zero attached hydrogens (tertiary/aromatic N) is 3. The van der Waals surface area contributed by atoms with Gasteiger partial charge < -0.3 is 24.4 Å². The number of hydrogen-bond donors (Lipinski definition) is 1. The molecule has 1 aliphatic rings. The minimum Gasteiger partial charge on any atom is -0.493 e. The lowest BCUT2D eigenvalue weighted by molar-refractivity contribution is 0.102. The van der Waals surface area contributed by atoms with Gasteiger partial charge in [0.2, 0.25) is 5.88 Å². The Morgan fingerprint density at radius 3 is 2.64 bits per heavy atom. The summed E-state index contributed by atoms with van der Waals surface area (Å²) in [5.41, 5.74) is 1.51. The molecule has 1 saturated heterocycles. The number of hydrogen-bond acceptors (Lipinski definition) is 6. The first-order chi connectivity index (χ1) is 13.5. The molecule has 1 fully saturated rings. The van der Waals surface area contributed by atoms with E-state index in [1.54, 1.807) is 37.3 Å². The molecule has 28 heavy (non-hydrogen) atoms. The molecule has 1 N–H and O–H groups in total. The van der Waals surface area contributed by atoms with Crippen LogP contribution in [0.15, 0.2) is 24.3 Å². The lowest BCUT2D eigenvalue weighted by atomic mass is 10.1. The molecule has 0 spiro atoms. The summed E-state index contributed by atoms with van der Waals surface area (Å²) in [5, 5.41) is 2.91. The maximum Gasteiger partial charge on any atom is 0.321 e. The summed E-state index contributed by atoms with van der Waals surface area (Å²) in [5.74, 6) is 2.41. The van der Waals surface area contributed by atoms with Gasteiger partial charge in [0, 0.05) is 30.1 Å². The molecule has 0 radical (unpaired) electrons. The van der Waals surface area contributed by atoms with E-state index in [1.165, 1.54) is 0 Å². The van der Waals surface area contributed by atoms with E-state index >= 15 is 0 Å². The fourth-order valence-corrected chi connectivity index (χ4v) is 3.25.